The quantitative estimate of drug-likeness (QED) is 0.454. The molecule has 1 heterocycles. The minimum atomic E-state index is 0.109. The molecule has 1 atom stereocenters. The van der Waals surface area contributed by atoms with E-state index in [4.69, 9.17) is 5.84 Å². The summed E-state index contributed by atoms with van der Waals surface area (Å²) in [5.74, 6) is 5.58. The highest BCUT2D eigenvalue weighted by molar-refractivity contribution is 5.25. The largest absolute Gasteiger partial charge is 0.271 e. The minimum Gasteiger partial charge on any atom is -0.271 e. The zero-order valence-corrected chi connectivity index (χ0v) is 10.4. The SMILES string of the molecule is C=C(C)CCC(NN)c1ncc(C)cc1C. The first kappa shape index (κ1) is 12.9. The van der Waals surface area contributed by atoms with Gasteiger partial charge in [-0.05, 0) is 44.7 Å². The predicted molar refractivity (Wildman–Crippen MR) is 67.8 cm³/mol. The summed E-state index contributed by atoms with van der Waals surface area (Å²) >= 11 is 0. The van der Waals surface area contributed by atoms with Crippen molar-refractivity contribution in [2.24, 2.45) is 5.84 Å². The third kappa shape index (κ3) is 3.43. The van der Waals surface area contributed by atoms with Crippen molar-refractivity contribution in [1.29, 1.82) is 0 Å². The van der Waals surface area contributed by atoms with Gasteiger partial charge < -0.3 is 0 Å². The number of hydrazine groups is 1. The van der Waals surface area contributed by atoms with Crippen LogP contribution in [0.2, 0.25) is 0 Å². The molecule has 0 bridgehead atoms. The van der Waals surface area contributed by atoms with Gasteiger partial charge in [-0.3, -0.25) is 16.3 Å². The van der Waals surface area contributed by atoms with E-state index in [1.54, 1.807) is 0 Å². The zero-order valence-electron chi connectivity index (χ0n) is 10.4. The van der Waals surface area contributed by atoms with Gasteiger partial charge in [-0.1, -0.05) is 11.6 Å². The van der Waals surface area contributed by atoms with Gasteiger partial charge in [-0.25, -0.2) is 0 Å². The standard InChI is InChI=1S/C13H21N3/c1-9(2)5-6-12(16-14)13-11(4)7-10(3)8-15-13/h7-8,12,16H,1,5-6,14H2,2-4H3. The summed E-state index contributed by atoms with van der Waals surface area (Å²) in [5.41, 5.74) is 7.40. The summed E-state index contributed by atoms with van der Waals surface area (Å²) in [6.45, 7) is 10.0. The topological polar surface area (TPSA) is 50.9 Å². The number of aromatic nitrogens is 1. The number of hydrogen-bond donors (Lipinski definition) is 2. The van der Waals surface area contributed by atoms with Crippen LogP contribution in [0.15, 0.2) is 24.4 Å². The highest BCUT2D eigenvalue weighted by atomic mass is 15.2. The summed E-state index contributed by atoms with van der Waals surface area (Å²) in [4.78, 5) is 4.45. The van der Waals surface area contributed by atoms with Gasteiger partial charge in [0.25, 0.3) is 0 Å². The van der Waals surface area contributed by atoms with Crippen molar-refractivity contribution >= 4 is 0 Å². The lowest BCUT2D eigenvalue weighted by Gasteiger charge is -2.17. The van der Waals surface area contributed by atoms with Crippen LogP contribution in [-0.2, 0) is 0 Å². The summed E-state index contributed by atoms with van der Waals surface area (Å²) in [6.07, 6.45) is 3.78. The van der Waals surface area contributed by atoms with Gasteiger partial charge in [0.1, 0.15) is 0 Å². The van der Waals surface area contributed by atoms with Crippen molar-refractivity contribution in [3.63, 3.8) is 0 Å². The van der Waals surface area contributed by atoms with E-state index in [0.29, 0.717) is 0 Å². The van der Waals surface area contributed by atoms with Gasteiger partial charge in [0.15, 0.2) is 0 Å². The molecule has 0 fully saturated rings. The molecule has 0 amide bonds. The number of nitrogens with zero attached hydrogens (tertiary/aromatic N) is 1. The maximum absolute atomic E-state index is 5.58. The Morgan fingerprint density at radius 2 is 2.25 bits per heavy atom. The molecule has 16 heavy (non-hydrogen) atoms. The fraction of sp³-hybridized carbons (Fsp3) is 0.462. The maximum Gasteiger partial charge on any atom is 0.0637 e. The van der Waals surface area contributed by atoms with Gasteiger partial charge >= 0.3 is 0 Å². The monoisotopic (exact) mass is 219 g/mol. The maximum atomic E-state index is 5.58. The molecule has 1 rings (SSSR count). The first-order valence-corrected chi connectivity index (χ1v) is 5.58. The normalized spacial score (nSPS) is 12.5. The van der Waals surface area contributed by atoms with Gasteiger partial charge in [0.05, 0.1) is 11.7 Å². The lowest BCUT2D eigenvalue weighted by molar-refractivity contribution is 0.501. The molecule has 3 nitrogen and oxygen atoms in total. The number of allylic oxidation sites excluding steroid dienone is 1. The van der Waals surface area contributed by atoms with E-state index in [-0.39, 0.29) is 6.04 Å². The van der Waals surface area contributed by atoms with Crippen molar-refractivity contribution in [3.8, 4) is 0 Å². The zero-order chi connectivity index (χ0) is 12.1. The van der Waals surface area contributed by atoms with Crippen LogP contribution < -0.4 is 11.3 Å². The minimum absolute atomic E-state index is 0.109. The Hall–Kier alpha value is -1.19. The molecule has 3 N–H and O–H groups in total. The van der Waals surface area contributed by atoms with Crippen molar-refractivity contribution in [1.82, 2.24) is 10.4 Å². The second kappa shape index (κ2) is 5.77. The van der Waals surface area contributed by atoms with E-state index < -0.39 is 0 Å². The molecule has 0 aliphatic rings. The highest BCUT2D eigenvalue weighted by Crippen LogP contribution is 2.21. The molecular formula is C13H21N3. The average molecular weight is 219 g/mol. The summed E-state index contributed by atoms with van der Waals surface area (Å²) in [6, 6.07) is 2.24. The molecule has 0 saturated heterocycles. The summed E-state index contributed by atoms with van der Waals surface area (Å²) < 4.78 is 0. The Bertz CT molecular complexity index is 371. The van der Waals surface area contributed by atoms with Crippen molar-refractivity contribution in [3.05, 3.63) is 41.2 Å². The van der Waals surface area contributed by atoms with Crippen LogP contribution in [0.4, 0.5) is 0 Å². The van der Waals surface area contributed by atoms with Crippen LogP contribution in [0.1, 0.15) is 42.6 Å². The highest BCUT2D eigenvalue weighted by Gasteiger charge is 2.13. The van der Waals surface area contributed by atoms with E-state index in [2.05, 4.69) is 30.0 Å². The molecule has 0 aliphatic heterocycles. The Morgan fingerprint density at radius 3 is 2.75 bits per heavy atom. The Labute approximate surface area is 97.7 Å². The van der Waals surface area contributed by atoms with Crippen LogP contribution in [0, 0.1) is 13.8 Å². The molecule has 0 spiro atoms. The molecule has 3 heteroatoms. The van der Waals surface area contributed by atoms with Crippen molar-refractivity contribution in [2.45, 2.75) is 39.7 Å². The van der Waals surface area contributed by atoms with Gasteiger partial charge in [-0.2, -0.15) is 0 Å². The molecule has 0 saturated carbocycles. The van der Waals surface area contributed by atoms with E-state index in [1.807, 2.05) is 20.0 Å². The number of nitrogens with two attached hydrogens (primary N) is 1. The van der Waals surface area contributed by atoms with Crippen LogP contribution in [0.3, 0.4) is 0 Å². The fourth-order valence-electron chi connectivity index (χ4n) is 1.78. The lowest BCUT2D eigenvalue weighted by Crippen LogP contribution is -2.29. The number of nitrogens with one attached hydrogen (secondary N) is 1. The Morgan fingerprint density at radius 1 is 1.56 bits per heavy atom. The van der Waals surface area contributed by atoms with Crippen molar-refractivity contribution in [2.75, 3.05) is 0 Å². The first-order chi connectivity index (χ1) is 7.54. The Balaban J connectivity index is 2.82. The van der Waals surface area contributed by atoms with E-state index in [1.165, 1.54) is 16.7 Å². The van der Waals surface area contributed by atoms with Crippen LogP contribution in [0.5, 0.6) is 0 Å². The predicted octanol–water partition coefficient (Wildman–Crippen LogP) is 2.56. The van der Waals surface area contributed by atoms with Crippen LogP contribution in [-0.4, -0.2) is 4.98 Å². The molecule has 0 radical (unpaired) electrons. The molecule has 1 unspecified atom stereocenters. The second-order valence-electron chi connectivity index (χ2n) is 4.43. The summed E-state index contributed by atoms with van der Waals surface area (Å²) in [5, 5.41) is 0. The molecule has 0 aromatic carbocycles. The molecule has 1 aromatic heterocycles. The second-order valence-corrected chi connectivity index (χ2v) is 4.43. The van der Waals surface area contributed by atoms with E-state index >= 15 is 0 Å². The average Bonchev–Trinajstić information content (AvgIpc) is 2.21. The van der Waals surface area contributed by atoms with Crippen LogP contribution >= 0.6 is 0 Å². The van der Waals surface area contributed by atoms with Crippen LogP contribution in [0.25, 0.3) is 0 Å². The lowest BCUT2D eigenvalue weighted by atomic mass is 10.0. The molecular weight excluding hydrogens is 198 g/mol. The molecule has 1 aromatic rings. The van der Waals surface area contributed by atoms with Gasteiger partial charge in [0, 0.05) is 6.20 Å². The number of aryl methyl sites for hydroxylation is 2. The van der Waals surface area contributed by atoms with Gasteiger partial charge in [-0.15, -0.1) is 6.58 Å². The fourth-order valence-corrected chi connectivity index (χ4v) is 1.78. The van der Waals surface area contributed by atoms with Crippen molar-refractivity contribution < 1.29 is 0 Å². The van der Waals surface area contributed by atoms with E-state index in [0.717, 1.165) is 18.5 Å². The number of hydrogen-bond acceptors (Lipinski definition) is 3. The summed E-state index contributed by atoms with van der Waals surface area (Å²) in [7, 11) is 0. The number of rotatable bonds is 5. The molecule has 0 aliphatic carbocycles. The third-order valence-corrected chi connectivity index (χ3v) is 2.65. The van der Waals surface area contributed by atoms with E-state index in [9.17, 15) is 0 Å². The number of pyridine rings is 1. The Kier molecular flexibility index (Phi) is 4.65. The molecule has 88 valence electrons. The smallest absolute Gasteiger partial charge is 0.0637 e. The third-order valence-electron chi connectivity index (χ3n) is 2.65. The van der Waals surface area contributed by atoms with Gasteiger partial charge in [0.2, 0.25) is 0 Å². The first-order valence-electron chi connectivity index (χ1n) is 5.58.